The molecule has 1 fully saturated rings. The Morgan fingerprint density at radius 3 is 2.50 bits per heavy atom. The lowest BCUT2D eigenvalue weighted by molar-refractivity contribution is 0.000957. The summed E-state index contributed by atoms with van der Waals surface area (Å²) in [5.41, 5.74) is 2.56. The molecule has 1 aliphatic rings. The Labute approximate surface area is 158 Å². The lowest BCUT2D eigenvalue weighted by Gasteiger charge is -2.31. The van der Waals surface area contributed by atoms with E-state index in [4.69, 9.17) is 9.47 Å². The summed E-state index contributed by atoms with van der Waals surface area (Å²) in [5, 5.41) is 10.4. The number of hydrogen-bond donors (Lipinski definition) is 1. The summed E-state index contributed by atoms with van der Waals surface area (Å²) in [4.78, 5) is 4.77. The first-order valence-corrected chi connectivity index (χ1v) is 9.86. The fourth-order valence-electron chi connectivity index (χ4n) is 3.08. The van der Waals surface area contributed by atoms with E-state index in [1.807, 2.05) is 0 Å². The number of morpholine rings is 1. The van der Waals surface area contributed by atoms with Crippen LogP contribution in [0.4, 0.5) is 0 Å². The van der Waals surface area contributed by atoms with Crippen LogP contribution in [0.5, 0.6) is 0 Å². The van der Waals surface area contributed by atoms with Crippen LogP contribution in [0.2, 0.25) is 0 Å². The first-order valence-electron chi connectivity index (χ1n) is 9.86. The molecule has 0 saturated carbocycles. The van der Waals surface area contributed by atoms with Crippen molar-refractivity contribution in [3.8, 4) is 0 Å². The van der Waals surface area contributed by atoms with Gasteiger partial charge in [0.05, 0.1) is 25.9 Å². The zero-order valence-corrected chi connectivity index (χ0v) is 16.7. The van der Waals surface area contributed by atoms with Crippen molar-refractivity contribution in [1.82, 2.24) is 9.80 Å². The van der Waals surface area contributed by atoms with Crippen molar-refractivity contribution in [3.05, 3.63) is 35.4 Å². The van der Waals surface area contributed by atoms with Crippen LogP contribution in [0.15, 0.2) is 24.3 Å². The van der Waals surface area contributed by atoms with Gasteiger partial charge < -0.3 is 14.6 Å². The van der Waals surface area contributed by atoms with Gasteiger partial charge in [-0.3, -0.25) is 9.80 Å². The van der Waals surface area contributed by atoms with Gasteiger partial charge in [-0.2, -0.15) is 0 Å². The highest BCUT2D eigenvalue weighted by atomic mass is 16.5. The Hall–Kier alpha value is -0.980. The molecule has 0 bridgehead atoms. The van der Waals surface area contributed by atoms with E-state index in [0.717, 1.165) is 45.9 Å². The second-order valence-corrected chi connectivity index (χ2v) is 7.76. The summed E-state index contributed by atoms with van der Waals surface area (Å²) in [6.45, 7) is 14.5. The van der Waals surface area contributed by atoms with Crippen molar-refractivity contribution >= 4 is 0 Å². The minimum Gasteiger partial charge on any atom is -0.389 e. The van der Waals surface area contributed by atoms with E-state index < -0.39 is 6.10 Å². The smallest absolute Gasteiger partial charge is 0.0900 e. The number of rotatable bonds is 11. The molecule has 0 unspecified atom stereocenters. The molecule has 1 saturated heterocycles. The molecule has 26 heavy (non-hydrogen) atoms. The van der Waals surface area contributed by atoms with E-state index in [-0.39, 0.29) is 0 Å². The summed E-state index contributed by atoms with van der Waals surface area (Å²) in [6, 6.07) is 8.66. The molecule has 1 aromatic rings. The Balaban J connectivity index is 1.85. The molecule has 0 amide bonds. The normalized spacial score (nSPS) is 17.2. The van der Waals surface area contributed by atoms with Crippen LogP contribution < -0.4 is 0 Å². The lowest BCUT2D eigenvalue weighted by atomic mass is 10.1. The van der Waals surface area contributed by atoms with Crippen molar-refractivity contribution in [2.45, 2.75) is 33.4 Å². The van der Waals surface area contributed by atoms with Crippen LogP contribution in [0, 0.1) is 12.8 Å². The summed E-state index contributed by atoms with van der Waals surface area (Å²) < 4.78 is 11.0. The molecule has 5 nitrogen and oxygen atoms in total. The average molecular weight is 365 g/mol. The molecule has 1 atom stereocenters. The summed E-state index contributed by atoms with van der Waals surface area (Å²) in [5.74, 6) is 0.493. The topological polar surface area (TPSA) is 45.2 Å². The number of aryl methyl sites for hydroxylation is 1. The number of benzene rings is 1. The average Bonchev–Trinajstić information content (AvgIpc) is 2.62. The Morgan fingerprint density at radius 2 is 1.85 bits per heavy atom. The molecular weight excluding hydrogens is 328 g/mol. The van der Waals surface area contributed by atoms with E-state index in [0.29, 0.717) is 25.7 Å². The maximum absolute atomic E-state index is 10.4. The fraction of sp³-hybridized carbons (Fsp3) is 0.714. The molecule has 1 aromatic carbocycles. The van der Waals surface area contributed by atoms with Gasteiger partial charge in [0.15, 0.2) is 0 Å². The van der Waals surface area contributed by atoms with Gasteiger partial charge in [0, 0.05) is 45.9 Å². The van der Waals surface area contributed by atoms with E-state index >= 15 is 0 Å². The molecule has 0 aromatic heterocycles. The third-order valence-corrected chi connectivity index (χ3v) is 4.59. The summed E-state index contributed by atoms with van der Waals surface area (Å²) in [6.07, 6.45) is -0.455. The van der Waals surface area contributed by atoms with Gasteiger partial charge in [-0.25, -0.2) is 0 Å². The third kappa shape index (κ3) is 8.60. The maximum Gasteiger partial charge on any atom is 0.0900 e. The van der Waals surface area contributed by atoms with E-state index in [2.05, 4.69) is 54.8 Å². The van der Waals surface area contributed by atoms with Crippen molar-refractivity contribution in [3.63, 3.8) is 0 Å². The van der Waals surface area contributed by atoms with Gasteiger partial charge in [0.2, 0.25) is 0 Å². The Morgan fingerprint density at radius 1 is 1.15 bits per heavy atom. The second kappa shape index (κ2) is 11.7. The summed E-state index contributed by atoms with van der Waals surface area (Å²) in [7, 11) is 0. The van der Waals surface area contributed by atoms with E-state index in [1.165, 1.54) is 11.1 Å². The molecule has 0 radical (unpaired) electrons. The Kier molecular flexibility index (Phi) is 9.57. The summed E-state index contributed by atoms with van der Waals surface area (Å²) >= 11 is 0. The van der Waals surface area contributed by atoms with Crippen LogP contribution in [-0.2, 0) is 16.0 Å². The third-order valence-electron chi connectivity index (χ3n) is 4.59. The molecule has 148 valence electrons. The van der Waals surface area contributed by atoms with Gasteiger partial charge >= 0.3 is 0 Å². The van der Waals surface area contributed by atoms with Crippen molar-refractivity contribution < 1.29 is 14.6 Å². The van der Waals surface area contributed by atoms with Crippen molar-refractivity contribution in [2.75, 3.05) is 59.2 Å². The molecule has 2 rings (SSSR count). The van der Waals surface area contributed by atoms with Crippen molar-refractivity contribution in [1.29, 1.82) is 0 Å². The number of ether oxygens (including phenoxy) is 2. The highest BCUT2D eigenvalue weighted by Gasteiger charge is 2.16. The molecule has 0 spiro atoms. The fourth-order valence-corrected chi connectivity index (χ4v) is 3.08. The SMILES string of the molecule is Cc1ccc(CN(CCN2CCOCC2)C[C@H](O)COCC(C)C)cc1. The zero-order chi connectivity index (χ0) is 18.8. The first-order chi connectivity index (χ1) is 12.5. The van der Waals surface area contributed by atoms with Crippen LogP contribution in [-0.4, -0.2) is 80.2 Å². The van der Waals surface area contributed by atoms with Gasteiger partial charge in [0.1, 0.15) is 0 Å². The van der Waals surface area contributed by atoms with Crippen LogP contribution in [0.25, 0.3) is 0 Å². The quantitative estimate of drug-likeness (QED) is 0.652. The van der Waals surface area contributed by atoms with E-state index in [1.54, 1.807) is 0 Å². The lowest BCUT2D eigenvalue weighted by Crippen LogP contribution is -2.43. The van der Waals surface area contributed by atoms with E-state index in [9.17, 15) is 5.11 Å². The highest BCUT2D eigenvalue weighted by Crippen LogP contribution is 2.09. The predicted molar refractivity (Wildman–Crippen MR) is 105 cm³/mol. The van der Waals surface area contributed by atoms with Gasteiger partial charge in [-0.1, -0.05) is 43.7 Å². The van der Waals surface area contributed by atoms with Crippen LogP contribution >= 0.6 is 0 Å². The number of hydrogen-bond acceptors (Lipinski definition) is 5. The van der Waals surface area contributed by atoms with Gasteiger partial charge in [-0.05, 0) is 18.4 Å². The number of aliphatic hydroxyl groups is 1. The molecule has 0 aliphatic carbocycles. The largest absolute Gasteiger partial charge is 0.389 e. The number of aliphatic hydroxyl groups excluding tert-OH is 1. The van der Waals surface area contributed by atoms with Gasteiger partial charge in [0.25, 0.3) is 0 Å². The highest BCUT2D eigenvalue weighted by molar-refractivity contribution is 5.21. The van der Waals surface area contributed by atoms with Gasteiger partial charge in [-0.15, -0.1) is 0 Å². The van der Waals surface area contributed by atoms with Crippen LogP contribution in [0.1, 0.15) is 25.0 Å². The number of nitrogens with zero attached hydrogens (tertiary/aromatic N) is 2. The maximum atomic E-state index is 10.4. The molecule has 5 heteroatoms. The standard InChI is InChI=1S/C21H36N2O3/c1-18(2)16-26-17-21(24)15-23(9-8-22-10-12-25-13-11-22)14-20-6-4-19(3)5-7-20/h4-7,18,21,24H,8-17H2,1-3H3/t21-/m0/s1. The zero-order valence-electron chi connectivity index (χ0n) is 16.7. The minimum atomic E-state index is -0.455. The molecule has 1 aliphatic heterocycles. The Bertz CT molecular complexity index is 487. The van der Waals surface area contributed by atoms with Crippen molar-refractivity contribution in [2.24, 2.45) is 5.92 Å². The molecule has 1 heterocycles. The second-order valence-electron chi connectivity index (χ2n) is 7.76. The van der Waals surface area contributed by atoms with Crippen LogP contribution in [0.3, 0.4) is 0 Å². The molecular formula is C21H36N2O3. The minimum absolute atomic E-state index is 0.403. The monoisotopic (exact) mass is 364 g/mol. The molecule has 1 N–H and O–H groups in total. The first kappa shape index (κ1) is 21.3. The predicted octanol–water partition coefficient (Wildman–Crippen LogP) is 2.16.